The molecule has 0 unspecified atom stereocenters. The van der Waals surface area contributed by atoms with Crippen LogP contribution in [-0.2, 0) is 0 Å². The molecule has 0 amide bonds. The Morgan fingerprint density at radius 3 is 2.40 bits per heavy atom. The summed E-state index contributed by atoms with van der Waals surface area (Å²) in [5.41, 5.74) is 1.80. The largest absolute Gasteiger partial charge is 0.487 e. The number of carbonyl (C=O) groups is 1. The molecule has 1 heterocycles. The molecule has 0 fully saturated rings. The summed E-state index contributed by atoms with van der Waals surface area (Å²) in [5, 5.41) is 0.893. The lowest BCUT2D eigenvalue weighted by atomic mass is 10.1. The third-order valence-electron chi connectivity index (χ3n) is 2.11. The first-order chi connectivity index (χ1) is 7.33. The number of ether oxygens (including phenoxy) is 1. The van der Waals surface area contributed by atoms with Crippen molar-refractivity contribution in [2.45, 2.75) is 0 Å². The quantitative estimate of drug-likeness (QED) is 0.739. The number of hydrogen-bond donors (Lipinski definition) is 0. The van der Waals surface area contributed by atoms with Crippen molar-refractivity contribution < 1.29 is 9.53 Å². The van der Waals surface area contributed by atoms with E-state index in [1.54, 1.807) is 18.4 Å². The third kappa shape index (κ3) is 2.07. The lowest BCUT2D eigenvalue weighted by Gasteiger charge is -1.97. The van der Waals surface area contributed by atoms with E-state index >= 15 is 0 Å². The van der Waals surface area contributed by atoms with E-state index in [0.717, 1.165) is 21.8 Å². The van der Waals surface area contributed by atoms with Gasteiger partial charge in [-0.15, -0.1) is 0 Å². The van der Waals surface area contributed by atoms with Gasteiger partial charge in [0.2, 0.25) is 0 Å². The molecule has 0 saturated carbocycles. The Morgan fingerprint density at radius 1 is 1.13 bits per heavy atom. The van der Waals surface area contributed by atoms with Crippen LogP contribution in [0.25, 0.3) is 10.4 Å². The van der Waals surface area contributed by atoms with E-state index in [-0.39, 0.29) is 0 Å². The molecule has 0 saturated heterocycles. The Hall–Kier alpha value is -1.61. The summed E-state index contributed by atoms with van der Waals surface area (Å²) in [6, 6.07) is 11.5. The Labute approximate surface area is 92.1 Å². The summed E-state index contributed by atoms with van der Waals surface area (Å²) in [6.07, 6.45) is 0.846. The molecule has 1 aromatic heterocycles. The van der Waals surface area contributed by atoms with E-state index in [0.29, 0.717) is 5.56 Å². The van der Waals surface area contributed by atoms with Gasteiger partial charge in [0.25, 0.3) is 0 Å². The average Bonchev–Trinajstić information content (AvgIpc) is 2.78. The third-order valence-corrected chi connectivity index (χ3v) is 3.21. The summed E-state index contributed by atoms with van der Waals surface area (Å²) < 4.78 is 5.12. The van der Waals surface area contributed by atoms with Crippen molar-refractivity contribution >= 4 is 17.6 Å². The van der Waals surface area contributed by atoms with Crippen molar-refractivity contribution in [1.29, 1.82) is 0 Å². The summed E-state index contributed by atoms with van der Waals surface area (Å²) in [4.78, 5) is 11.6. The topological polar surface area (TPSA) is 26.3 Å². The van der Waals surface area contributed by atoms with E-state index in [2.05, 4.69) is 0 Å². The highest BCUT2D eigenvalue weighted by Gasteiger charge is 2.02. The van der Waals surface area contributed by atoms with Crippen LogP contribution in [0.4, 0.5) is 0 Å². The molecule has 0 bridgehead atoms. The van der Waals surface area contributed by atoms with E-state index in [9.17, 15) is 4.79 Å². The van der Waals surface area contributed by atoms with Gasteiger partial charge in [-0.2, -0.15) is 0 Å². The number of benzene rings is 1. The summed E-state index contributed by atoms with van der Waals surface area (Å²) in [6.45, 7) is 0. The first-order valence-corrected chi connectivity index (χ1v) is 5.34. The molecule has 0 radical (unpaired) electrons. The number of hydrogen-bond acceptors (Lipinski definition) is 3. The maximum absolute atomic E-state index is 10.5. The van der Waals surface area contributed by atoms with Crippen LogP contribution in [0.1, 0.15) is 10.4 Å². The predicted molar refractivity (Wildman–Crippen MR) is 61.7 cm³/mol. The molecule has 1 aromatic carbocycles. The van der Waals surface area contributed by atoms with Crippen molar-refractivity contribution in [2.75, 3.05) is 7.11 Å². The fourth-order valence-electron chi connectivity index (χ4n) is 1.31. The maximum Gasteiger partial charge on any atom is 0.173 e. The van der Waals surface area contributed by atoms with Crippen LogP contribution in [0.15, 0.2) is 36.4 Å². The van der Waals surface area contributed by atoms with Gasteiger partial charge in [0.05, 0.1) is 7.11 Å². The predicted octanol–water partition coefficient (Wildman–Crippen LogP) is 3.24. The normalized spacial score (nSPS) is 9.93. The molecule has 76 valence electrons. The van der Waals surface area contributed by atoms with Gasteiger partial charge in [-0.25, -0.2) is 0 Å². The van der Waals surface area contributed by atoms with Crippen molar-refractivity contribution in [3.05, 3.63) is 42.0 Å². The van der Waals surface area contributed by atoms with Crippen molar-refractivity contribution in [2.24, 2.45) is 0 Å². The first-order valence-electron chi connectivity index (χ1n) is 4.53. The molecule has 3 heteroatoms. The Morgan fingerprint density at radius 2 is 1.87 bits per heavy atom. The van der Waals surface area contributed by atoms with Crippen molar-refractivity contribution in [3.63, 3.8) is 0 Å². The molecule has 2 aromatic rings. The minimum atomic E-state index is 0.697. The van der Waals surface area contributed by atoms with Gasteiger partial charge in [-0.05, 0) is 17.7 Å². The highest BCUT2D eigenvalue weighted by atomic mass is 32.1. The smallest absolute Gasteiger partial charge is 0.173 e. The van der Waals surface area contributed by atoms with Gasteiger partial charge >= 0.3 is 0 Å². The highest BCUT2D eigenvalue weighted by Crippen LogP contribution is 2.32. The fourth-order valence-corrected chi connectivity index (χ4v) is 2.14. The first kappa shape index (κ1) is 9.93. The van der Waals surface area contributed by atoms with Crippen molar-refractivity contribution in [1.82, 2.24) is 0 Å². The number of rotatable bonds is 3. The Kier molecular flexibility index (Phi) is 2.83. The second-order valence-corrected chi connectivity index (χ2v) is 4.11. The molecule has 0 spiro atoms. The molecule has 15 heavy (non-hydrogen) atoms. The summed E-state index contributed by atoms with van der Waals surface area (Å²) in [5.74, 6) is 0. The van der Waals surface area contributed by atoms with Crippen LogP contribution in [0, 0.1) is 0 Å². The standard InChI is InChI=1S/C12H10O2S/c1-14-12-7-6-11(15-12)10-4-2-9(8-13)3-5-10/h2-8H,1H3. The van der Waals surface area contributed by atoms with Gasteiger partial charge < -0.3 is 4.74 Å². The minimum Gasteiger partial charge on any atom is -0.487 e. The van der Waals surface area contributed by atoms with Crippen LogP contribution >= 0.6 is 11.3 Å². The van der Waals surface area contributed by atoms with Crippen LogP contribution in [0.3, 0.4) is 0 Å². The zero-order chi connectivity index (χ0) is 10.7. The molecular formula is C12H10O2S. The molecular weight excluding hydrogens is 208 g/mol. The fraction of sp³-hybridized carbons (Fsp3) is 0.0833. The van der Waals surface area contributed by atoms with Crippen LogP contribution in [0.5, 0.6) is 5.06 Å². The molecule has 0 aliphatic heterocycles. The number of thiophene rings is 1. The summed E-state index contributed by atoms with van der Waals surface area (Å²) >= 11 is 1.59. The SMILES string of the molecule is COc1ccc(-c2ccc(C=O)cc2)s1. The van der Waals surface area contributed by atoms with Gasteiger partial charge in [-0.1, -0.05) is 35.6 Å². The molecule has 2 rings (SSSR count). The molecule has 2 nitrogen and oxygen atoms in total. The molecule has 0 aliphatic carbocycles. The van der Waals surface area contributed by atoms with E-state index in [1.807, 2.05) is 36.4 Å². The average molecular weight is 218 g/mol. The summed E-state index contributed by atoms with van der Waals surface area (Å²) in [7, 11) is 1.66. The van der Waals surface area contributed by atoms with Crippen LogP contribution < -0.4 is 4.74 Å². The second-order valence-electron chi connectivity index (χ2n) is 3.06. The van der Waals surface area contributed by atoms with E-state index < -0.39 is 0 Å². The molecule has 0 N–H and O–H groups in total. The van der Waals surface area contributed by atoms with E-state index in [1.165, 1.54) is 0 Å². The van der Waals surface area contributed by atoms with Gasteiger partial charge in [0.1, 0.15) is 6.29 Å². The van der Waals surface area contributed by atoms with Gasteiger partial charge in [0, 0.05) is 10.4 Å². The molecule has 0 aliphatic rings. The monoisotopic (exact) mass is 218 g/mol. The van der Waals surface area contributed by atoms with Crippen LogP contribution in [-0.4, -0.2) is 13.4 Å². The lowest BCUT2D eigenvalue weighted by Crippen LogP contribution is -1.78. The van der Waals surface area contributed by atoms with Gasteiger partial charge in [0.15, 0.2) is 5.06 Å². The van der Waals surface area contributed by atoms with Crippen LogP contribution in [0.2, 0.25) is 0 Å². The number of methoxy groups -OCH3 is 1. The Bertz CT molecular complexity index is 457. The van der Waals surface area contributed by atoms with E-state index in [4.69, 9.17) is 4.74 Å². The maximum atomic E-state index is 10.5. The zero-order valence-electron chi connectivity index (χ0n) is 8.27. The Balaban J connectivity index is 2.32. The number of carbonyl (C=O) groups excluding carboxylic acids is 1. The van der Waals surface area contributed by atoms with Gasteiger partial charge in [-0.3, -0.25) is 4.79 Å². The zero-order valence-corrected chi connectivity index (χ0v) is 9.08. The highest BCUT2D eigenvalue weighted by molar-refractivity contribution is 7.17. The lowest BCUT2D eigenvalue weighted by molar-refractivity contribution is 0.112. The van der Waals surface area contributed by atoms with Crippen molar-refractivity contribution in [3.8, 4) is 15.5 Å². The number of aldehydes is 1. The molecule has 0 atom stereocenters. The second kappa shape index (κ2) is 4.28. The minimum absolute atomic E-state index is 0.697.